The zero-order valence-corrected chi connectivity index (χ0v) is 12.6. The Bertz CT molecular complexity index is 807. The molecule has 0 aliphatic carbocycles. The molecule has 3 N–H and O–H groups in total. The van der Waals surface area contributed by atoms with Crippen molar-refractivity contribution in [3.8, 4) is 0 Å². The zero-order chi connectivity index (χ0) is 15.6. The Labute approximate surface area is 127 Å². The van der Waals surface area contributed by atoms with Crippen molar-refractivity contribution in [2.75, 3.05) is 4.72 Å². The van der Waals surface area contributed by atoms with Crippen LogP contribution in [0.1, 0.15) is 11.3 Å². The van der Waals surface area contributed by atoms with Gasteiger partial charge in [0.05, 0.1) is 5.56 Å². The molecule has 0 unspecified atom stereocenters. The van der Waals surface area contributed by atoms with Gasteiger partial charge in [-0.15, -0.1) is 0 Å². The van der Waals surface area contributed by atoms with Gasteiger partial charge in [-0.25, -0.2) is 17.8 Å². The maximum atomic E-state index is 13.8. The van der Waals surface area contributed by atoms with Crippen LogP contribution < -0.4 is 10.5 Å². The summed E-state index contributed by atoms with van der Waals surface area (Å²) in [4.78, 5) is 3.38. The van der Waals surface area contributed by atoms with Gasteiger partial charge in [0, 0.05) is 5.69 Å². The van der Waals surface area contributed by atoms with Crippen molar-refractivity contribution in [1.29, 1.82) is 0 Å². The van der Waals surface area contributed by atoms with E-state index in [1.807, 2.05) is 0 Å². The van der Waals surface area contributed by atoms with Gasteiger partial charge in [0.25, 0.3) is 10.0 Å². The number of aryl methyl sites for hydroxylation is 1. The number of halogens is 1. The summed E-state index contributed by atoms with van der Waals surface area (Å²) >= 11 is 4.72. The Morgan fingerprint density at radius 3 is 2.57 bits per heavy atom. The van der Waals surface area contributed by atoms with Gasteiger partial charge in [-0.05, 0) is 31.2 Å². The molecule has 0 atom stereocenters. The number of nitrogens with two attached hydrogens (primary N) is 1. The highest BCUT2D eigenvalue weighted by Crippen LogP contribution is 2.21. The van der Waals surface area contributed by atoms with E-state index < -0.39 is 15.8 Å². The van der Waals surface area contributed by atoms with Gasteiger partial charge in [-0.2, -0.15) is 0 Å². The Morgan fingerprint density at radius 1 is 1.29 bits per heavy atom. The molecule has 21 heavy (non-hydrogen) atoms. The summed E-state index contributed by atoms with van der Waals surface area (Å²) in [6.07, 6.45) is 0. The van der Waals surface area contributed by atoms with Crippen molar-refractivity contribution in [2.45, 2.75) is 11.8 Å². The quantitative estimate of drug-likeness (QED) is 0.840. The second-order valence-electron chi connectivity index (χ2n) is 4.25. The number of nitrogens with one attached hydrogen (secondary N) is 1. The number of anilines is 1. The number of pyridine rings is 1. The van der Waals surface area contributed by atoms with Crippen molar-refractivity contribution in [1.82, 2.24) is 4.98 Å². The van der Waals surface area contributed by atoms with Crippen LogP contribution in [0.3, 0.4) is 0 Å². The first-order valence-corrected chi connectivity index (χ1v) is 7.75. The number of benzene rings is 1. The van der Waals surface area contributed by atoms with Crippen LogP contribution in [0.2, 0.25) is 0 Å². The van der Waals surface area contributed by atoms with Crippen LogP contribution in [0.4, 0.5) is 10.2 Å². The lowest BCUT2D eigenvalue weighted by molar-refractivity contribution is 0.594. The molecule has 2 aromatic rings. The van der Waals surface area contributed by atoms with Crippen molar-refractivity contribution in [2.24, 2.45) is 5.73 Å². The molecule has 0 aliphatic rings. The molecule has 0 radical (unpaired) electrons. The third-order valence-corrected chi connectivity index (χ3v) is 4.24. The minimum atomic E-state index is -4.05. The van der Waals surface area contributed by atoms with Crippen LogP contribution in [0.15, 0.2) is 41.3 Å². The number of thiocarbonyl (C=S) groups is 1. The number of rotatable bonds is 4. The van der Waals surface area contributed by atoms with Crippen molar-refractivity contribution >= 4 is 33.0 Å². The van der Waals surface area contributed by atoms with Crippen LogP contribution >= 0.6 is 12.2 Å². The maximum absolute atomic E-state index is 13.8. The number of nitrogens with zero attached hydrogens (tertiary/aromatic N) is 1. The van der Waals surface area contributed by atoms with Gasteiger partial charge < -0.3 is 5.73 Å². The average Bonchev–Trinajstić information content (AvgIpc) is 2.37. The van der Waals surface area contributed by atoms with Gasteiger partial charge in [0.1, 0.15) is 21.5 Å². The SMILES string of the molecule is Cc1cccc(NS(=O)(=O)c2cccc(F)c2C(N)=S)n1. The van der Waals surface area contributed by atoms with Crippen molar-refractivity contribution in [3.63, 3.8) is 0 Å². The van der Waals surface area contributed by atoms with E-state index in [1.165, 1.54) is 18.2 Å². The Morgan fingerprint density at radius 2 is 1.95 bits per heavy atom. The fourth-order valence-electron chi connectivity index (χ4n) is 1.76. The predicted octanol–water partition coefficient (Wildman–Crippen LogP) is 1.96. The third-order valence-electron chi connectivity index (χ3n) is 2.64. The molecular formula is C13H12FN3O2S2. The molecule has 110 valence electrons. The second kappa shape index (κ2) is 5.74. The molecule has 0 fully saturated rings. The van der Waals surface area contributed by atoms with Gasteiger partial charge in [-0.1, -0.05) is 24.4 Å². The molecule has 1 aromatic heterocycles. The first-order chi connectivity index (χ1) is 9.81. The minimum Gasteiger partial charge on any atom is -0.389 e. The Hall–Kier alpha value is -2.06. The molecule has 0 aliphatic heterocycles. The van der Waals surface area contributed by atoms with E-state index in [0.717, 1.165) is 6.07 Å². The van der Waals surface area contributed by atoms with E-state index in [-0.39, 0.29) is 21.3 Å². The zero-order valence-electron chi connectivity index (χ0n) is 11.0. The summed E-state index contributed by atoms with van der Waals surface area (Å²) in [6.45, 7) is 1.72. The highest BCUT2D eigenvalue weighted by molar-refractivity contribution is 7.93. The Kier molecular flexibility index (Phi) is 4.19. The molecule has 1 heterocycles. The normalized spacial score (nSPS) is 11.1. The lowest BCUT2D eigenvalue weighted by Gasteiger charge is -2.12. The van der Waals surface area contributed by atoms with Crippen LogP contribution in [0.5, 0.6) is 0 Å². The third kappa shape index (κ3) is 3.34. The topological polar surface area (TPSA) is 85.1 Å². The lowest BCUT2D eigenvalue weighted by atomic mass is 10.2. The molecule has 0 spiro atoms. The molecule has 5 nitrogen and oxygen atoms in total. The standard InChI is InChI=1S/C13H12FN3O2S2/c1-8-4-2-7-11(16-8)17-21(18,19)10-6-3-5-9(14)12(10)13(15)20/h2-7H,1H3,(H2,15,20)(H,16,17). The molecule has 8 heteroatoms. The number of hydrogen-bond donors (Lipinski definition) is 2. The van der Waals surface area contributed by atoms with E-state index in [2.05, 4.69) is 9.71 Å². The van der Waals surface area contributed by atoms with Crippen LogP contribution in [-0.4, -0.2) is 18.4 Å². The fraction of sp³-hybridized carbons (Fsp3) is 0.0769. The Balaban J connectivity index is 2.50. The van der Waals surface area contributed by atoms with Gasteiger partial charge >= 0.3 is 0 Å². The molecule has 1 aromatic carbocycles. The summed E-state index contributed by atoms with van der Waals surface area (Å²) in [6, 6.07) is 8.47. The van der Waals surface area contributed by atoms with E-state index >= 15 is 0 Å². The highest BCUT2D eigenvalue weighted by atomic mass is 32.2. The van der Waals surface area contributed by atoms with Crippen molar-refractivity contribution in [3.05, 3.63) is 53.5 Å². The summed E-state index contributed by atoms with van der Waals surface area (Å²) < 4.78 is 40.8. The van der Waals surface area contributed by atoms with Crippen LogP contribution in [-0.2, 0) is 10.0 Å². The molecular weight excluding hydrogens is 313 g/mol. The van der Waals surface area contributed by atoms with Crippen LogP contribution in [0, 0.1) is 12.7 Å². The van der Waals surface area contributed by atoms with E-state index in [0.29, 0.717) is 5.69 Å². The monoisotopic (exact) mass is 325 g/mol. The largest absolute Gasteiger partial charge is 0.389 e. The van der Waals surface area contributed by atoms with E-state index in [1.54, 1.807) is 19.1 Å². The van der Waals surface area contributed by atoms with Gasteiger partial charge in [-0.3, -0.25) is 4.72 Å². The van der Waals surface area contributed by atoms with E-state index in [9.17, 15) is 12.8 Å². The van der Waals surface area contributed by atoms with E-state index in [4.69, 9.17) is 18.0 Å². The van der Waals surface area contributed by atoms with Gasteiger partial charge in [0.2, 0.25) is 0 Å². The van der Waals surface area contributed by atoms with Crippen LogP contribution in [0.25, 0.3) is 0 Å². The second-order valence-corrected chi connectivity index (χ2v) is 6.34. The predicted molar refractivity (Wildman–Crippen MR) is 82.1 cm³/mol. The maximum Gasteiger partial charge on any atom is 0.263 e. The first-order valence-electron chi connectivity index (χ1n) is 5.86. The highest BCUT2D eigenvalue weighted by Gasteiger charge is 2.23. The molecule has 2 rings (SSSR count). The first kappa shape index (κ1) is 15.3. The fourth-order valence-corrected chi connectivity index (χ4v) is 3.26. The minimum absolute atomic E-state index is 0.133. The average molecular weight is 325 g/mol. The van der Waals surface area contributed by atoms with Crippen molar-refractivity contribution < 1.29 is 12.8 Å². The summed E-state index contributed by atoms with van der Waals surface area (Å²) in [5.74, 6) is -0.657. The smallest absolute Gasteiger partial charge is 0.263 e. The van der Waals surface area contributed by atoms with Gasteiger partial charge in [0.15, 0.2) is 0 Å². The summed E-state index contributed by atoms with van der Waals surface area (Å²) in [5, 5.41) is 0. The number of hydrogen-bond acceptors (Lipinski definition) is 4. The lowest BCUT2D eigenvalue weighted by Crippen LogP contribution is -2.21. The summed E-state index contributed by atoms with van der Waals surface area (Å²) in [5.41, 5.74) is 5.74. The molecule has 0 bridgehead atoms. The molecule has 0 saturated carbocycles. The molecule has 0 saturated heterocycles. The molecule has 0 amide bonds. The number of aromatic nitrogens is 1. The summed E-state index contributed by atoms with van der Waals surface area (Å²) in [7, 11) is -4.05. The number of sulfonamides is 1.